The number of aromatic nitrogens is 1. The average molecular weight is 324 g/mol. The number of para-hydroxylation sites is 1. The molecule has 4 aromatic rings. The highest BCUT2D eigenvalue weighted by Gasteiger charge is 2.09. The lowest BCUT2D eigenvalue weighted by Gasteiger charge is -2.09. The second kappa shape index (κ2) is 6.57. The highest BCUT2D eigenvalue weighted by atomic mass is 16.1. The van der Waals surface area contributed by atoms with Gasteiger partial charge in [0.25, 0.3) is 0 Å². The lowest BCUT2D eigenvalue weighted by molar-refractivity contribution is -0.111. The zero-order valence-electron chi connectivity index (χ0n) is 13.5. The van der Waals surface area contributed by atoms with Crippen LogP contribution in [-0.4, -0.2) is 10.9 Å². The van der Waals surface area contributed by atoms with Crippen LogP contribution in [0, 0.1) is 0 Å². The third kappa shape index (κ3) is 3.12. The van der Waals surface area contributed by atoms with Crippen molar-refractivity contribution in [3.63, 3.8) is 0 Å². The van der Waals surface area contributed by atoms with Gasteiger partial charge >= 0.3 is 0 Å². The molecule has 4 rings (SSSR count). The number of hydrogen-bond acceptors (Lipinski definition) is 2. The minimum atomic E-state index is -0.197. The van der Waals surface area contributed by atoms with E-state index in [1.165, 1.54) is 6.08 Å². The molecule has 0 aliphatic rings. The largest absolute Gasteiger partial charge is 0.307 e. The fraction of sp³-hybridized carbons (Fsp3) is 0. The van der Waals surface area contributed by atoms with Gasteiger partial charge in [0.1, 0.15) is 5.82 Å². The predicted octanol–water partition coefficient (Wildman–Crippen LogP) is 5.04. The molecule has 3 heteroatoms. The number of benzene rings is 3. The van der Waals surface area contributed by atoms with Crippen LogP contribution in [0.2, 0.25) is 0 Å². The van der Waals surface area contributed by atoms with Gasteiger partial charge in [-0.3, -0.25) is 4.79 Å². The molecule has 25 heavy (non-hydrogen) atoms. The van der Waals surface area contributed by atoms with E-state index in [1.54, 1.807) is 6.08 Å². The first-order valence-corrected chi connectivity index (χ1v) is 8.13. The van der Waals surface area contributed by atoms with Crippen LogP contribution in [0.25, 0.3) is 27.8 Å². The summed E-state index contributed by atoms with van der Waals surface area (Å²) in [5, 5.41) is 6.00. The maximum Gasteiger partial charge on any atom is 0.249 e. The van der Waals surface area contributed by atoms with E-state index in [-0.39, 0.29) is 5.91 Å². The Balaban J connectivity index is 1.71. The normalized spacial score (nSPS) is 11.2. The van der Waals surface area contributed by atoms with Gasteiger partial charge in [0.05, 0.1) is 5.52 Å². The Morgan fingerprint density at radius 3 is 2.20 bits per heavy atom. The Morgan fingerprint density at radius 2 is 1.40 bits per heavy atom. The van der Waals surface area contributed by atoms with E-state index in [2.05, 4.69) is 16.4 Å². The van der Waals surface area contributed by atoms with Crippen molar-refractivity contribution in [2.45, 2.75) is 0 Å². The number of hydrogen-bond donors (Lipinski definition) is 1. The van der Waals surface area contributed by atoms with E-state index in [9.17, 15) is 4.79 Å². The molecule has 3 aromatic carbocycles. The smallest absolute Gasteiger partial charge is 0.249 e. The van der Waals surface area contributed by atoms with Gasteiger partial charge in [-0.05, 0) is 23.1 Å². The van der Waals surface area contributed by atoms with Gasteiger partial charge in [-0.25, -0.2) is 4.98 Å². The summed E-state index contributed by atoms with van der Waals surface area (Å²) >= 11 is 0. The number of amides is 1. The van der Waals surface area contributed by atoms with Crippen LogP contribution >= 0.6 is 0 Å². The molecular formula is C22H16N2O. The molecule has 1 aromatic heterocycles. The number of nitrogens with one attached hydrogen (secondary N) is 1. The minimum absolute atomic E-state index is 0.197. The Bertz CT molecular complexity index is 1080. The SMILES string of the molecule is O=C(/C=C/c1ccccc1)Nc1nc2ccccc2c2ccccc12. The Labute approximate surface area is 145 Å². The summed E-state index contributed by atoms with van der Waals surface area (Å²) in [5.74, 6) is 0.383. The Kier molecular flexibility index (Phi) is 3.97. The number of fused-ring (bicyclic) bond motifs is 3. The van der Waals surface area contributed by atoms with Gasteiger partial charge in [0.15, 0.2) is 0 Å². The van der Waals surface area contributed by atoms with Crippen molar-refractivity contribution in [3.8, 4) is 0 Å². The standard InChI is InChI=1S/C22H16N2O/c25-21(15-14-16-8-2-1-3-9-16)24-22-19-12-5-4-10-17(19)18-11-6-7-13-20(18)23-22/h1-15H,(H,23,24,25)/b15-14+. The van der Waals surface area contributed by atoms with Crippen molar-refractivity contribution in [3.05, 3.63) is 90.5 Å². The molecule has 1 amide bonds. The maximum atomic E-state index is 12.3. The first kappa shape index (κ1) is 15.1. The monoisotopic (exact) mass is 324 g/mol. The van der Waals surface area contributed by atoms with Crippen LogP contribution < -0.4 is 5.32 Å². The van der Waals surface area contributed by atoms with Crippen molar-refractivity contribution in [1.82, 2.24) is 4.98 Å². The van der Waals surface area contributed by atoms with Crippen LogP contribution in [0.1, 0.15) is 5.56 Å². The predicted molar refractivity (Wildman–Crippen MR) is 103 cm³/mol. The van der Waals surface area contributed by atoms with Gasteiger partial charge in [0.2, 0.25) is 5.91 Å². The lowest BCUT2D eigenvalue weighted by Crippen LogP contribution is -2.09. The number of pyridine rings is 1. The van der Waals surface area contributed by atoms with Gasteiger partial charge in [-0.1, -0.05) is 72.8 Å². The van der Waals surface area contributed by atoms with Gasteiger partial charge in [-0.15, -0.1) is 0 Å². The third-order valence-electron chi connectivity index (χ3n) is 4.08. The van der Waals surface area contributed by atoms with Crippen molar-refractivity contribution in [1.29, 1.82) is 0 Å². The number of carbonyl (C=O) groups is 1. The molecule has 0 saturated carbocycles. The summed E-state index contributed by atoms with van der Waals surface area (Å²) in [4.78, 5) is 17.0. The lowest BCUT2D eigenvalue weighted by atomic mass is 10.1. The molecule has 0 fully saturated rings. The van der Waals surface area contributed by atoms with Gasteiger partial charge in [-0.2, -0.15) is 0 Å². The molecule has 0 atom stereocenters. The van der Waals surface area contributed by atoms with Crippen molar-refractivity contribution < 1.29 is 4.79 Å². The first-order chi connectivity index (χ1) is 12.3. The van der Waals surface area contributed by atoms with E-state index in [0.29, 0.717) is 5.82 Å². The van der Waals surface area contributed by atoms with E-state index in [4.69, 9.17) is 0 Å². The molecular weight excluding hydrogens is 308 g/mol. The van der Waals surface area contributed by atoms with E-state index < -0.39 is 0 Å². The van der Waals surface area contributed by atoms with Crippen LogP contribution in [0.4, 0.5) is 5.82 Å². The van der Waals surface area contributed by atoms with Crippen LogP contribution in [0.15, 0.2) is 84.9 Å². The second-order valence-electron chi connectivity index (χ2n) is 5.76. The zero-order chi connectivity index (χ0) is 17.1. The van der Waals surface area contributed by atoms with E-state index in [0.717, 1.165) is 27.2 Å². The maximum absolute atomic E-state index is 12.3. The first-order valence-electron chi connectivity index (χ1n) is 8.13. The minimum Gasteiger partial charge on any atom is -0.307 e. The van der Waals surface area contributed by atoms with Gasteiger partial charge in [0, 0.05) is 16.8 Å². The van der Waals surface area contributed by atoms with E-state index in [1.807, 2.05) is 72.8 Å². The molecule has 0 unspecified atom stereocenters. The molecule has 120 valence electrons. The van der Waals surface area contributed by atoms with Gasteiger partial charge < -0.3 is 5.32 Å². The summed E-state index contributed by atoms with van der Waals surface area (Å²) < 4.78 is 0. The fourth-order valence-electron chi connectivity index (χ4n) is 2.89. The third-order valence-corrected chi connectivity index (χ3v) is 4.08. The van der Waals surface area contributed by atoms with Crippen LogP contribution in [-0.2, 0) is 4.79 Å². The number of carbonyl (C=O) groups excluding carboxylic acids is 1. The topological polar surface area (TPSA) is 42.0 Å². The number of nitrogens with zero attached hydrogens (tertiary/aromatic N) is 1. The highest BCUT2D eigenvalue weighted by molar-refractivity contribution is 6.13. The quantitative estimate of drug-likeness (QED) is 0.424. The molecule has 0 aliphatic carbocycles. The number of rotatable bonds is 3. The Hall–Kier alpha value is -3.46. The molecule has 1 heterocycles. The second-order valence-corrected chi connectivity index (χ2v) is 5.76. The molecule has 1 N–H and O–H groups in total. The fourth-order valence-corrected chi connectivity index (χ4v) is 2.89. The summed E-state index contributed by atoms with van der Waals surface area (Å²) in [6.07, 6.45) is 3.32. The summed E-state index contributed by atoms with van der Waals surface area (Å²) in [5.41, 5.74) is 1.84. The van der Waals surface area contributed by atoms with E-state index >= 15 is 0 Å². The summed E-state index contributed by atoms with van der Waals surface area (Å²) in [7, 11) is 0. The molecule has 0 aliphatic heterocycles. The molecule has 0 spiro atoms. The van der Waals surface area contributed by atoms with Crippen molar-refractivity contribution >= 4 is 39.5 Å². The number of anilines is 1. The molecule has 0 saturated heterocycles. The molecule has 3 nitrogen and oxygen atoms in total. The highest BCUT2D eigenvalue weighted by Crippen LogP contribution is 2.28. The molecule has 0 bridgehead atoms. The summed E-state index contributed by atoms with van der Waals surface area (Å²) in [6, 6.07) is 25.7. The van der Waals surface area contributed by atoms with Crippen molar-refractivity contribution in [2.75, 3.05) is 5.32 Å². The van der Waals surface area contributed by atoms with Crippen LogP contribution in [0.5, 0.6) is 0 Å². The average Bonchev–Trinajstić information content (AvgIpc) is 2.67. The Morgan fingerprint density at radius 1 is 0.760 bits per heavy atom. The van der Waals surface area contributed by atoms with Crippen LogP contribution in [0.3, 0.4) is 0 Å². The molecule has 0 radical (unpaired) electrons. The zero-order valence-corrected chi connectivity index (χ0v) is 13.5. The van der Waals surface area contributed by atoms with Crippen molar-refractivity contribution in [2.24, 2.45) is 0 Å². The summed E-state index contributed by atoms with van der Waals surface area (Å²) in [6.45, 7) is 0.